The average molecular weight is 317 g/mol. The van der Waals surface area contributed by atoms with E-state index in [0.29, 0.717) is 23.8 Å². The second-order valence-corrected chi connectivity index (χ2v) is 5.91. The highest BCUT2D eigenvalue weighted by atomic mass is 32.1. The molecule has 1 N–H and O–H groups in total. The van der Waals surface area contributed by atoms with Crippen molar-refractivity contribution in [3.05, 3.63) is 53.1 Å². The molecule has 118 valence electrons. The fraction of sp³-hybridized carbons (Fsp3) is 0.412. The maximum atomic E-state index is 5.78. The lowest BCUT2D eigenvalue weighted by atomic mass is 10.0. The Labute approximate surface area is 136 Å². The molecule has 1 aromatic carbocycles. The smallest absolute Gasteiger partial charge is 0.195 e. The summed E-state index contributed by atoms with van der Waals surface area (Å²) in [4.78, 5) is 0. The molecule has 0 aliphatic heterocycles. The lowest BCUT2D eigenvalue weighted by Crippen LogP contribution is -2.06. The Morgan fingerprint density at radius 1 is 1.36 bits per heavy atom. The van der Waals surface area contributed by atoms with Crippen LogP contribution in [0.25, 0.3) is 0 Å². The predicted molar refractivity (Wildman–Crippen MR) is 92.0 cm³/mol. The Balaban J connectivity index is 1.82. The third-order valence-electron chi connectivity index (χ3n) is 3.51. The molecule has 0 bridgehead atoms. The van der Waals surface area contributed by atoms with E-state index in [4.69, 9.17) is 17.0 Å². The predicted octanol–water partition coefficient (Wildman–Crippen LogP) is 4.26. The maximum Gasteiger partial charge on any atom is 0.195 e. The number of rotatable bonds is 8. The fourth-order valence-electron chi connectivity index (χ4n) is 2.23. The normalized spacial score (nSPS) is 10.9. The van der Waals surface area contributed by atoms with Crippen molar-refractivity contribution in [1.29, 1.82) is 0 Å². The van der Waals surface area contributed by atoms with Gasteiger partial charge in [-0.3, -0.25) is 5.10 Å². The van der Waals surface area contributed by atoms with Crippen LogP contribution in [0.5, 0.6) is 5.75 Å². The van der Waals surface area contributed by atoms with Crippen molar-refractivity contribution >= 4 is 12.2 Å². The van der Waals surface area contributed by atoms with E-state index in [0.717, 1.165) is 24.4 Å². The number of aromatic nitrogens is 3. The second kappa shape index (κ2) is 7.94. The summed E-state index contributed by atoms with van der Waals surface area (Å²) in [6, 6.07) is 8.30. The summed E-state index contributed by atoms with van der Waals surface area (Å²) in [5, 5.41) is 7.08. The van der Waals surface area contributed by atoms with Gasteiger partial charge in [0, 0.05) is 13.0 Å². The molecule has 4 nitrogen and oxygen atoms in total. The van der Waals surface area contributed by atoms with Crippen molar-refractivity contribution in [2.45, 2.75) is 39.2 Å². The van der Waals surface area contributed by atoms with Crippen LogP contribution in [-0.2, 0) is 13.0 Å². The van der Waals surface area contributed by atoms with Gasteiger partial charge in [0.15, 0.2) is 4.77 Å². The molecule has 1 heterocycles. The van der Waals surface area contributed by atoms with Gasteiger partial charge in [-0.15, -0.1) is 6.58 Å². The van der Waals surface area contributed by atoms with Crippen LogP contribution in [0.3, 0.4) is 0 Å². The largest absolute Gasteiger partial charge is 0.494 e. The standard InChI is InChI=1S/C17H23N3OS/c1-4-11-20-16(18-19-17(20)22)6-5-12-21-15-9-7-14(8-10-15)13(2)3/h4,7-10,13H,1,5-6,11-12H2,2-3H3,(H,19,22). The molecule has 0 amide bonds. The minimum atomic E-state index is 0.543. The first kappa shape index (κ1) is 16.5. The highest BCUT2D eigenvalue weighted by Crippen LogP contribution is 2.18. The Morgan fingerprint density at radius 3 is 2.73 bits per heavy atom. The molecule has 0 aliphatic rings. The zero-order valence-electron chi connectivity index (χ0n) is 13.2. The van der Waals surface area contributed by atoms with E-state index in [1.807, 2.05) is 22.8 Å². The molecule has 1 aromatic heterocycles. The van der Waals surface area contributed by atoms with Crippen LogP contribution < -0.4 is 4.74 Å². The minimum absolute atomic E-state index is 0.543. The van der Waals surface area contributed by atoms with E-state index in [-0.39, 0.29) is 0 Å². The Bertz CT molecular complexity index is 655. The van der Waals surface area contributed by atoms with Crippen molar-refractivity contribution in [2.24, 2.45) is 0 Å². The van der Waals surface area contributed by atoms with Gasteiger partial charge in [-0.2, -0.15) is 5.10 Å². The molecule has 5 heteroatoms. The first-order valence-corrected chi connectivity index (χ1v) is 8.00. The van der Waals surface area contributed by atoms with Gasteiger partial charge in [0.25, 0.3) is 0 Å². The molecular formula is C17H23N3OS. The summed E-state index contributed by atoms with van der Waals surface area (Å²) in [5.41, 5.74) is 1.33. The number of nitrogens with one attached hydrogen (secondary N) is 1. The zero-order chi connectivity index (χ0) is 15.9. The fourth-order valence-corrected chi connectivity index (χ4v) is 2.45. The van der Waals surface area contributed by atoms with Crippen molar-refractivity contribution in [2.75, 3.05) is 6.61 Å². The monoisotopic (exact) mass is 317 g/mol. The molecule has 0 unspecified atom stereocenters. The van der Waals surface area contributed by atoms with Crippen molar-refractivity contribution in [3.63, 3.8) is 0 Å². The summed E-state index contributed by atoms with van der Waals surface area (Å²) < 4.78 is 8.37. The van der Waals surface area contributed by atoms with Crippen LogP contribution >= 0.6 is 12.2 Å². The van der Waals surface area contributed by atoms with Gasteiger partial charge in [0.2, 0.25) is 0 Å². The molecule has 22 heavy (non-hydrogen) atoms. The second-order valence-electron chi connectivity index (χ2n) is 5.52. The summed E-state index contributed by atoms with van der Waals surface area (Å²) in [6.07, 6.45) is 3.54. The number of aryl methyl sites for hydroxylation is 1. The topological polar surface area (TPSA) is 42.8 Å². The molecule has 2 aromatic rings. The SMILES string of the molecule is C=CCn1c(CCCOc2ccc(C(C)C)cc2)n[nH]c1=S. The number of hydrogen-bond acceptors (Lipinski definition) is 3. The third kappa shape index (κ3) is 4.31. The van der Waals surface area contributed by atoms with Crippen molar-refractivity contribution in [1.82, 2.24) is 14.8 Å². The van der Waals surface area contributed by atoms with Gasteiger partial charge >= 0.3 is 0 Å². The van der Waals surface area contributed by atoms with Crippen LogP contribution in [0.2, 0.25) is 0 Å². The van der Waals surface area contributed by atoms with Crippen LogP contribution in [0, 0.1) is 4.77 Å². The number of H-pyrrole nitrogens is 1. The van der Waals surface area contributed by atoms with Crippen molar-refractivity contribution in [3.8, 4) is 5.75 Å². The van der Waals surface area contributed by atoms with Gasteiger partial charge in [-0.05, 0) is 42.3 Å². The summed E-state index contributed by atoms with van der Waals surface area (Å²) in [7, 11) is 0. The summed E-state index contributed by atoms with van der Waals surface area (Å²) in [5.74, 6) is 2.40. The summed E-state index contributed by atoms with van der Waals surface area (Å²) >= 11 is 5.19. The number of ether oxygens (including phenoxy) is 1. The molecular weight excluding hydrogens is 294 g/mol. The molecule has 0 radical (unpaired) electrons. The Kier molecular flexibility index (Phi) is 5.95. The van der Waals surface area contributed by atoms with E-state index >= 15 is 0 Å². The lowest BCUT2D eigenvalue weighted by Gasteiger charge is -2.09. The van der Waals surface area contributed by atoms with Crippen LogP contribution in [0.4, 0.5) is 0 Å². The summed E-state index contributed by atoms with van der Waals surface area (Å²) in [6.45, 7) is 9.46. The quantitative estimate of drug-likeness (QED) is 0.449. The Morgan fingerprint density at radius 2 is 2.09 bits per heavy atom. The van der Waals surface area contributed by atoms with Gasteiger partial charge in [0.1, 0.15) is 11.6 Å². The number of allylic oxidation sites excluding steroid dienone is 1. The first-order chi connectivity index (χ1) is 10.6. The van der Waals surface area contributed by atoms with Crippen LogP contribution in [0.15, 0.2) is 36.9 Å². The van der Waals surface area contributed by atoms with E-state index in [9.17, 15) is 0 Å². The van der Waals surface area contributed by atoms with Crippen LogP contribution in [0.1, 0.15) is 37.6 Å². The zero-order valence-corrected chi connectivity index (χ0v) is 14.0. The van der Waals surface area contributed by atoms with Gasteiger partial charge in [-0.1, -0.05) is 32.1 Å². The molecule has 2 rings (SSSR count). The number of benzene rings is 1. The highest BCUT2D eigenvalue weighted by molar-refractivity contribution is 7.71. The van der Waals surface area contributed by atoms with Gasteiger partial charge < -0.3 is 9.30 Å². The third-order valence-corrected chi connectivity index (χ3v) is 3.82. The first-order valence-electron chi connectivity index (χ1n) is 7.59. The van der Waals surface area contributed by atoms with E-state index in [2.05, 4.69) is 42.8 Å². The molecule has 0 fully saturated rings. The number of nitrogens with zero attached hydrogens (tertiary/aromatic N) is 2. The van der Waals surface area contributed by atoms with E-state index < -0.39 is 0 Å². The number of hydrogen-bond donors (Lipinski definition) is 1. The van der Waals surface area contributed by atoms with Crippen molar-refractivity contribution < 1.29 is 4.74 Å². The lowest BCUT2D eigenvalue weighted by molar-refractivity contribution is 0.309. The average Bonchev–Trinajstić information content (AvgIpc) is 2.85. The van der Waals surface area contributed by atoms with E-state index in [1.54, 1.807) is 0 Å². The minimum Gasteiger partial charge on any atom is -0.494 e. The molecule has 0 saturated heterocycles. The molecule has 0 atom stereocenters. The molecule has 0 saturated carbocycles. The highest BCUT2D eigenvalue weighted by Gasteiger charge is 2.05. The van der Waals surface area contributed by atoms with Crippen LogP contribution in [-0.4, -0.2) is 21.4 Å². The van der Waals surface area contributed by atoms with E-state index in [1.165, 1.54) is 5.56 Å². The van der Waals surface area contributed by atoms with Gasteiger partial charge in [0.05, 0.1) is 6.61 Å². The van der Waals surface area contributed by atoms with Gasteiger partial charge in [-0.25, -0.2) is 0 Å². The Hall–Kier alpha value is -1.88. The molecule has 0 spiro atoms. The number of aromatic amines is 1. The maximum absolute atomic E-state index is 5.78. The molecule has 0 aliphatic carbocycles.